The van der Waals surface area contributed by atoms with Gasteiger partial charge in [-0.2, -0.15) is 0 Å². The molecule has 26 heavy (non-hydrogen) atoms. The Labute approximate surface area is 150 Å². The molecule has 2 rings (SSSR count). The number of carbonyl (C=O) groups excluding carboxylic acids is 1. The third-order valence-electron chi connectivity index (χ3n) is 3.62. The smallest absolute Gasteiger partial charge is 0.333 e. The Kier molecular flexibility index (Phi) is 6.40. The third kappa shape index (κ3) is 4.42. The van der Waals surface area contributed by atoms with Crippen molar-refractivity contribution in [2.45, 2.75) is 12.8 Å². The Bertz CT molecular complexity index is 849. The van der Waals surface area contributed by atoms with Crippen molar-refractivity contribution in [1.82, 2.24) is 15.0 Å². The number of hydroxylamine groups is 1. The van der Waals surface area contributed by atoms with Gasteiger partial charge in [0, 0.05) is 6.42 Å². The van der Waals surface area contributed by atoms with Gasteiger partial charge in [0.1, 0.15) is 0 Å². The molecule has 138 valence electrons. The summed E-state index contributed by atoms with van der Waals surface area (Å²) >= 11 is 0. The van der Waals surface area contributed by atoms with Gasteiger partial charge in [-0.05, 0) is 17.7 Å². The molecule has 0 fully saturated rings. The van der Waals surface area contributed by atoms with E-state index in [0.717, 1.165) is 10.1 Å². The average molecular weight is 359 g/mol. The highest BCUT2D eigenvalue weighted by molar-refractivity contribution is 5.69. The van der Waals surface area contributed by atoms with Crippen molar-refractivity contribution >= 4 is 11.7 Å². The van der Waals surface area contributed by atoms with E-state index in [9.17, 15) is 14.7 Å². The molecule has 0 aliphatic heterocycles. The van der Waals surface area contributed by atoms with E-state index < -0.39 is 11.7 Å². The molecule has 0 bridgehead atoms. The Hall–Kier alpha value is -3.26. The summed E-state index contributed by atoms with van der Waals surface area (Å²) < 4.78 is 5.68. The summed E-state index contributed by atoms with van der Waals surface area (Å²) in [5.41, 5.74) is 4.23. The second kappa shape index (κ2) is 8.72. The molecular weight excluding hydrogens is 338 g/mol. The van der Waals surface area contributed by atoms with Gasteiger partial charge in [0.15, 0.2) is 0 Å². The number of imidazole rings is 1. The minimum atomic E-state index is -0.499. The molecule has 1 heterocycles. The number of nitrogens with one attached hydrogen (secondary N) is 2. The average Bonchev–Trinajstić information content (AvgIpc) is 2.93. The number of hydrogen-bond donors (Lipinski definition) is 3. The Morgan fingerprint density at radius 1 is 1.38 bits per heavy atom. The van der Waals surface area contributed by atoms with Crippen LogP contribution in [0.3, 0.4) is 0 Å². The fraction of sp³-hybridized carbons (Fsp3) is 0.222. The number of hydrogen-bond acceptors (Lipinski definition) is 6. The van der Waals surface area contributed by atoms with Crippen molar-refractivity contribution in [2.24, 2.45) is 0 Å². The van der Waals surface area contributed by atoms with Crippen molar-refractivity contribution in [1.29, 1.82) is 0 Å². The molecule has 0 atom stereocenters. The first kappa shape index (κ1) is 19.1. The lowest BCUT2D eigenvalue weighted by Crippen LogP contribution is -2.15. The monoisotopic (exact) mass is 359 g/mol. The zero-order valence-electron chi connectivity index (χ0n) is 14.4. The molecule has 2 aromatic rings. The second-order valence-corrected chi connectivity index (χ2v) is 5.37. The number of H-pyrrole nitrogens is 1. The van der Waals surface area contributed by atoms with Crippen molar-refractivity contribution in [2.75, 3.05) is 13.7 Å². The van der Waals surface area contributed by atoms with E-state index in [4.69, 9.17) is 4.84 Å². The van der Waals surface area contributed by atoms with Crippen LogP contribution >= 0.6 is 0 Å². The first-order valence-corrected chi connectivity index (χ1v) is 7.86. The van der Waals surface area contributed by atoms with Crippen molar-refractivity contribution in [3.63, 3.8) is 0 Å². The van der Waals surface area contributed by atoms with E-state index in [1.54, 1.807) is 30.3 Å². The van der Waals surface area contributed by atoms with Gasteiger partial charge in [-0.15, -0.1) is 6.58 Å². The number of aromatic nitrogens is 2. The molecule has 0 saturated heterocycles. The number of nitrogens with zero attached hydrogens (tertiary/aromatic N) is 1. The molecule has 8 heteroatoms. The molecule has 0 amide bonds. The summed E-state index contributed by atoms with van der Waals surface area (Å²) in [5, 5.41) is 10.3. The molecule has 3 N–H and O–H groups in total. The van der Waals surface area contributed by atoms with E-state index in [0.29, 0.717) is 18.0 Å². The van der Waals surface area contributed by atoms with Gasteiger partial charge < -0.3 is 14.8 Å². The molecular formula is C18H21N3O5. The summed E-state index contributed by atoms with van der Waals surface area (Å²) in [4.78, 5) is 31.0. The number of benzene rings is 1. The third-order valence-corrected chi connectivity index (χ3v) is 3.62. The molecule has 0 aliphatic carbocycles. The quantitative estimate of drug-likeness (QED) is 0.272. The van der Waals surface area contributed by atoms with Crippen molar-refractivity contribution in [3.8, 4) is 11.6 Å². The van der Waals surface area contributed by atoms with Crippen LogP contribution in [0.15, 0.2) is 48.3 Å². The van der Waals surface area contributed by atoms with Gasteiger partial charge in [0.25, 0.3) is 0 Å². The maximum atomic E-state index is 12.1. The summed E-state index contributed by atoms with van der Waals surface area (Å²) in [7, 11) is 1.28. The predicted molar refractivity (Wildman–Crippen MR) is 96.7 cm³/mol. The molecule has 0 saturated carbocycles. The molecule has 0 unspecified atom stereocenters. The highest BCUT2D eigenvalue weighted by atomic mass is 16.6. The number of rotatable bonds is 9. The van der Waals surface area contributed by atoms with E-state index in [2.05, 4.69) is 28.4 Å². The van der Waals surface area contributed by atoms with Crippen LogP contribution in [0.25, 0.3) is 11.4 Å². The maximum Gasteiger partial charge on any atom is 0.333 e. The number of aryl methyl sites for hydroxylation is 1. The minimum Gasteiger partial charge on any atom is -0.493 e. The lowest BCUT2D eigenvalue weighted by Gasteiger charge is -2.10. The van der Waals surface area contributed by atoms with Gasteiger partial charge in [-0.25, -0.2) is 9.36 Å². The minimum absolute atomic E-state index is 0.0547. The van der Waals surface area contributed by atoms with Gasteiger partial charge in [0.05, 0.1) is 37.2 Å². The van der Waals surface area contributed by atoms with Crippen LogP contribution in [0, 0.1) is 0 Å². The van der Waals surface area contributed by atoms with Crippen molar-refractivity contribution < 1.29 is 19.5 Å². The molecule has 0 spiro atoms. The number of aromatic hydroxyl groups is 1. The summed E-state index contributed by atoms with van der Waals surface area (Å²) in [5.74, 6) is -0.662. The van der Waals surface area contributed by atoms with Crippen LogP contribution in [0.5, 0.6) is 5.88 Å². The zero-order chi connectivity index (χ0) is 19.1. The fourth-order valence-corrected chi connectivity index (χ4v) is 2.27. The zero-order valence-corrected chi connectivity index (χ0v) is 14.4. The van der Waals surface area contributed by atoms with Crippen LogP contribution in [0.2, 0.25) is 0 Å². The lowest BCUT2D eigenvalue weighted by molar-refractivity contribution is -0.140. The topological polar surface area (TPSA) is 106 Å². The first-order valence-electron chi connectivity index (χ1n) is 7.86. The molecule has 1 aromatic heterocycles. The number of aromatic amines is 1. The van der Waals surface area contributed by atoms with Crippen LogP contribution in [-0.2, 0) is 20.8 Å². The van der Waals surface area contributed by atoms with E-state index in [1.165, 1.54) is 7.11 Å². The summed E-state index contributed by atoms with van der Waals surface area (Å²) in [6, 6.07) is 6.79. The number of carbonyl (C=O) groups is 1. The number of esters is 1. The SMILES string of the molecule is C=CCONC(=C)c1ccc(-n2c(O)c(CCC(=O)OC)[nH]c2=O)cc1. The van der Waals surface area contributed by atoms with Crippen LogP contribution in [0.4, 0.5) is 0 Å². The largest absolute Gasteiger partial charge is 0.493 e. The molecule has 0 radical (unpaired) electrons. The van der Waals surface area contributed by atoms with E-state index in [-0.39, 0.29) is 24.4 Å². The predicted octanol–water partition coefficient (Wildman–Crippen LogP) is 1.65. The van der Waals surface area contributed by atoms with Crippen molar-refractivity contribution in [3.05, 3.63) is 65.2 Å². The van der Waals surface area contributed by atoms with Crippen LogP contribution in [0.1, 0.15) is 17.7 Å². The molecule has 0 aliphatic rings. The normalized spacial score (nSPS) is 10.3. The Morgan fingerprint density at radius 2 is 2.08 bits per heavy atom. The number of ether oxygens (including phenoxy) is 1. The maximum absolute atomic E-state index is 12.1. The number of methoxy groups -OCH3 is 1. The highest BCUT2D eigenvalue weighted by Gasteiger charge is 2.16. The van der Waals surface area contributed by atoms with Gasteiger partial charge >= 0.3 is 11.7 Å². The molecule has 1 aromatic carbocycles. The lowest BCUT2D eigenvalue weighted by atomic mass is 10.1. The second-order valence-electron chi connectivity index (χ2n) is 5.37. The fourth-order valence-electron chi connectivity index (χ4n) is 2.27. The standard InChI is InChI=1S/C18H21N3O5/c1-4-11-26-20-12(2)13-5-7-14(8-6-13)21-17(23)15(19-18(21)24)9-10-16(22)25-3/h4-8,20,23H,1-2,9-11H2,3H3,(H,19,24). The Balaban J connectivity index is 2.17. The highest BCUT2D eigenvalue weighted by Crippen LogP contribution is 2.21. The van der Waals surface area contributed by atoms with E-state index in [1.807, 2.05) is 0 Å². The Morgan fingerprint density at radius 3 is 2.69 bits per heavy atom. The van der Waals surface area contributed by atoms with Crippen LogP contribution in [-0.4, -0.2) is 34.3 Å². The van der Waals surface area contributed by atoms with E-state index >= 15 is 0 Å². The molecule has 8 nitrogen and oxygen atoms in total. The van der Waals surface area contributed by atoms with Gasteiger partial charge in [-0.3, -0.25) is 15.1 Å². The van der Waals surface area contributed by atoms with Gasteiger partial charge in [-0.1, -0.05) is 24.8 Å². The summed E-state index contributed by atoms with van der Waals surface area (Å²) in [6.45, 7) is 7.72. The summed E-state index contributed by atoms with van der Waals surface area (Å²) in [6.07, 6.45) is 1.82. The van der Waals surface area contributed by atoms with Crippen LogP contribution < -0.4 is 11.2 Å². The van der Waals surface area contributed by atoms with Gasteiger partial charge in [0.2, 0.25) is 5.88 Å². The first-order chi connectivity index (χ1) is 12.5.